The highest BCUT2D eigenvalue weighted by Crippen LogP contribution is 2.20. The van der Waals surface area contributed by atoms with Crippen LogP contribution in [0.1, 0.15) is 37.7 Å². The third-order valence-corrected chi connectivity index (χ3v) is 4.67. The van der Waals surface area contributed by atoms with E-state index in [0.717, 1.165) is 31.2 Å². The summed E-state index contributed by atoms with van der Waals surface area (Å²) in [5.74, 6) is -0.517. The summed E-state index contributed by atoms with van der Waals surface area (Å²) in [5, 5.41) is 4.67. The summed E-state index contributed by atoms with van der Waals surface area (Å²) >= 11 is 0. The van der Waals surface area contributed by atoms with Gasteiger partial charge in [-0.25, -0.2) is 4.79 Å². The second-order valence-electron chi connectivity index (χ2n) is 6.49. The molecule has 4 amide bonds. The SMILES string of the molecule is O=C1NC(=O)[C@H](CC(=O)N2CCCCCC2C=Cc2ccccc2)N1. The lowest BCUT2D eigenvalue weighted by molar-refractivity contribution is -0.135. The van der Waals surface area contributed by atoms with Crippen LogP contribution in [0.5, 0.6) is 0 Å². The van der Waals surface area contributed by atoms with Crippen LogP contribution in [0, 0.1) is 0 Å². The molecule has 1 aromatic rings. The lowest BCUT2D eigenvalue weighted by atomic mass is 10.1. The van der Waals surface area contributed by atoms with Crippen LogP contribution >= 0.6 is 0 Å². The van der Waals surface area contributed by atoms with Gasteiger partial charge in [0.15, 0.2) is 0 Å². The molecule has 0 radical (unpaired) electrons. The summed E-state index contributed by atoms with van der Waals surface area (Å²) in [6, 6.07) is 8.72. The van der Waals surface area contributed by atoms with Crippen LogP contribution in [-0.4, -0.2) is 41.4 Å². The van der Waals surface area contributed by atoms with Gasteiger partial charge in [-0.15, -0.1) is 0 Å². The molecule has 25 heavy (non-hydrogen) atoms. The summed E-state index contributed by atoms with van der Waals surface area (Å²) < 4.78 is 0. The molecule has 2 saturated heterocycles. The van der Waals surface area contributed by atoms with E-state index in [0.29, 0.717) is 6.54 Å². The van der Waals surface area contributed by atoms with Gasteiger partial charge in [0.1, 0.15) is 6.04 Å². The summed E-state index contributed by atoms with van der Waals surface area (Å²) in [7, 11) is 0. The Labute approximate surface area is 147 Å². The lowest BCUT2D eigenvalue weighted by Crippen LogP contribution is -2.43. The van der Waals surface area contributed by atoms with Crippen molar-refractivity contribution in [2.45, 2.75) is 44.2 Å². The van der Waals surface area contributed by atoms with Gasteiger partial charge in [0.25, 0.3) is 5.91 Å². The van der Waals surface area contributed by atoms with Gasteiger partial charge in [-0.3, -0.25) is 14.9 Å². The van der Waals surface area contributed by atoms with Gasteiger partial charge in [-0.2, -0.15) is 0 Å². The average molecular weight is 341 g/mol. The zero-order valence-electron chi connectivity index (χ0n) is 14.1. The van der Waals surface area contributed by atoms with Crippen LogP contribution in [0.3, 0.4) is 0 Å². The highest BCUT2D eigenvalue weighted by atomic mass is 16.2. The highest BCUT2D eigenvalue weighted by Gasteiger charge is 2.34. The number of nitrogens with one attached hydrogen (secondary N) is 2. The average Bonchev–Trinajstić information content (AvgIpc) is 2.80. The van der Waals surface area contributed by atoms with Gasteiger partial charge in [-0.1, -0.05) is 55.3 Å². The van der Waals surface area contributed by atoms with Crippen molar-refractivity contribution in [3.8, 4) is 0 Å². The standard InChI is InChI=1S/C19H23N3O3/c23-17(13-16-18(24)21-19(25)20-16)22-12-6-2-5-9-15(22)11-10-14-7-3-1-4-8-14/h1,3-4,7-8,10-11,15-16H,2,5-6,9,12-13H2,(H2,20,21,24,25)/t15?,16-/m0/s1. The minimum absolute atomic E-state index is 0.00719. The van der Waals surface area contributed by atoms with Crippen LogP contribution in [0.4, 0.5) is 4.79 Å². The summed E-state index contributed by atoms with van der Waals surface area (Å²) in [6.07, 6.45) is 8.18. The molecule has 0 aliphatic carbocycles. The van der Waals surface area contributed by atoms with E-state index in [1.165, 1.54) is 0 Å². The zero-order valence-corrected chi connectivity index (χ0v) is 14.1. The van der Waals surface area contributed by atoms with Gasteiger partial charge in [-0.05, 0) is 18.4 Å². The van der Waals surface area contributed by atoms with Crippen molar-refractivity contribution >= 4 is 23.9 Å². The first-order valence-corrected chi connectivity index (χ1v) is 8.77. The molecule has 2 aliphatic heterocycles. The molecule has 2 fully saturated rings. The van der Waals surface area contributed by atoms with E-state index in [1.54, 1.807) is 0 Å². The molecule has 2 atom stereocenters. The first kappa shape index (κ1) is 17.2. The van der Waals surface area contributed by atoms with E-state index in [1.807, 2.05) is 41.3 Å². The van der Waals surface area contributed by atoms with Gasteiger partial charge in [0.05, 0.1) is 12.5 Å². The molecule has 6 heteroatoms. The Morgan fingerprint density at radius 1 is 1.16 bits per heavy atom. The topological polar surface area (TPSA) is 78.5 Å². The maximum absolute atomic E-state index is 12.7. The third kappa shape index (κ3) is 4.47. The maximum atomic E-state index is 12.7. The molecule has 0 aromatic heterocycles. The number of rotatable bonds is 4. The Hall–Kier alpha value is -2.63. The Bertz CT molecular complexity index is 672. The summed E-state index contributed by atoms with van der Waals surface area (Å²) in [4.78, 5) is 37.5. The van der Waals surface area contributed by atoms with Crippen LogP contribution in [0.2, 0.25) is 0 Å². The number of urea groups is 1. The number of nitrogens with zero attached hydrogens (tertiary/aromatic N) is 1. The zero-order chi connectivity index (χ0) is 17.6. The highest BCUT2D eigenvalue weighted by molar-refractivity contribution is 6.05. The maximum Gasteiger partial charge on any atom is 0.322 e. The number of carbonyl (C=O) groups excluding carboxylic acids is 3. The molecule has 2 N–H and O–H groups in total. The number of amides is 4. The summed E-state index contributed by atoms with van der Waals surface area (Å²) in [5.41, 5.74) is 1.10. The largest absolute Gasteiger partial charge is 0.336 e. The predicted octanol–water partition coefficient (Wildman–Crippen LogP) is 2.07. The van der Waals surface area contributed by atoms with Gasteiger partial charge in [0.2, 0.25) is 5.91 Å². The van der Waals surface area contributed by atoms with Crippen molar-refractivity contribution in [1.29, 1.82) is 0 Å². The quantitative estimate of drug-likeness (QED) is 0.823. The van der Waals surface area contributed by atoms with Crippen molar-refractivity contribution in [2.24, 2.45) is 0 Å². The fraction of sp³-hybridized carbons (Fsp3) is 0.421. The van der Waals surface area contributed by atoms with Crippen LogP contribution in [0.15, 0.2) is 36.4 Å². The van der Waals surface area contributed by atoms with E-state index >= 15 is 0 Å². The van der Waals surface area contributed by atoms with E-state index in [9.17, 15) is 14.4 Å². The Morgan fingerprint density at radius 2 is 1.96 bits per heavy atom. The monoisotopic (exact) mass is 341 g/mol. The van der Waals surface area contributed by atoms with E-state index in [4.69, 9.17) is 0 Å². The van der Waals surface area contributed by atoms with E-state index in [2.05, 4.69) is 16.7 Å². The van der Waals surface area contributed by atoms with E-state index in [-0.39, 0.29) is 18.4 Å². The van der Waals surface area contributed by atoms with E-state index < -0.39 is 18.0 Å². The van der Waals surface area contributed by atoms with Crippen molar-refractivity contribution in [2.75, 3.05) is 6.54 Å². The number of carbonyl (C=O) groups is 3. The van der Waals surface area contributed by atoms with Crippen LogP contribution < -0.4 is 10.6 Å². The molecule has 1 aromatic carbocycles. The third-order valence-electron chi connectivity index (χ3n) is 4.67. The van der Waals surface area contributed by atoms with Crippen molar-refractivity contribution in [3.05, 3.63) is 42.0 Å². The van der Waals surface area contributed by atoms with Gasteiger partial charge >= 0.3 is 6.03 Å². The molecule has 0 saturated carbocycles. The number of imide groups is 1. The lowest BCUT2D eigenvalue weighted by Gasteiger charge is -2.28. The normalized spacial score (nSPS) is 24.1. The number of likely N-dealkylation sites (tertiary alicyclic amines) is 1. The minimum Gasteiger partial charge on any atom is -0.336 e. The number of hydrogen-bond acceptors (Lipinski definition) is 3. The smallest absolute Gasteiger partial charge is 0.322 e. The molecular weight excluding hydrogens is 318 g/mol. The van der Waals surface area contributed by atoms with Crippen molar-refractivity contribution in [3.63, 3.8) is 0 Å². The second-order valence-corrected chi connectivity index (χ2v) is 6.49. The molecule has 3 rings (SSSR count). The molecule has 0 spiro atoms. The van der Waals surface area contributed by atoms with Crippen LogP contribution in [0.25, 0.3) is 6.08 Å². The first-order valence-electron chi connectivity index (χ1n) is 8.77. The Balaban J connectivity index is 1.69. The fourth-order valence-corrected chi connectivity index (χ4v) is 3.32. The molecular formula is C19H23N3O3. The molecule has 132 valence electrons. The Morgan fingerprint density at radius 3 is 2.68 bits per heavy atom. The number of benzene rings is 1. The van der Waals surface area contributed by atoms with Gasteiger partial charge in [0, 0.05) is 6.54 Å². The van der Waals surface area contributed by atoms with Crippen molar-refractivity contribution < 1.29 is 14.4 Å². The van der Waals surface area contributed by atoms with Crippen LogP contribution in [-0.2, 0) is 9.59 Å². The molecule has 2 heterocycles. The predicted molar refractivity (Wildman–Crippen MR) is 94.5 cm³/mol. The number of hydrogen-bond donors (Lipinski definition) is 2. The van der Waals surface area contributed by atoms with Crippen molar-refractivity contribution in [1.82, 2.24) is 15.5 Å². The Kier molecular flexibility index (Phi) is 5.48. The summed E-state index contributed by atoms with van der Waals surface area (Å²) in [6.45, 7) is 0.685. The molecule has 2 aliphatic rings. The van der Waals surface area contributed by atoms with Gasteiger partial charge < -0.3 is 10.2 Å². The molecule has 0 bridgehead atoms. The minimum atomic E-state index is -0.762. The molecule has 1 unspecified atom stereocenters. The second kappa shape index (κ2) is 7.96. The fourth-order valence-electron chi connectivity index (χ4n) is 3.32. The molecule has 6 nitrogen and oxygen atoms in total. The first-order chi connectivity index (χ1) is 12.1.